The quantitative estimate of drug-likeness (QED) is 0.843. The van der Waals surface area contributed by atoms with Crippen molar-refractivity contribution >= 4 is 0 Å². The van der Waals surface area contributed by atoms with Crippen LogP contribution in [0.1, 0.15) is 36.8 Å². The van der Waals surface area contributed by atoms with Gasteiger partial charge in [0, 0.05) is 17.0 Å². The Hall–Kier alpha value is -1.32. The molecule has 4 atom stereocenters. The fourth-order valence-electron chi connectivity index (χ4n) is 5.26. The van der Waals surface area contributed by atoms with Gasteiger partial charge in [0.2, 0.25) is 0 Å². The first-order chi connectivity index (χ1) is 10.7. The number of aliphatic hydroxyl groups is 1. The average molecular weight is 299 g/mol. The van der Waals surface area contributed by atoms with Gasteiger partial charge in [-0.25, -0.2) is 0 Å². The predicted molar refractivity (Wildman–Crippen MR) is 87.3 cm³/mol. The third-order valence-electron chi connectivity index (χ3n) is 5.99. The van der Waals surface area contributed by atoms with E-state index in [1.807, 2.05) is 0 Å². The van der Waals surface area contributed by atoms with E-state index in [1.54, 1.807) is 6.08 Å². The van der Waals surface area contributed by atoms with E-state index in [2.05, 4.69) is 30.1 Å². The van der Waals surface area contributed by atoms with Crippen LogP contribution in [0.2, 0.25) is 0 Å². The molecule has 1 aliphatic heterocycles. The van der Waals surface area contributed by atoms with Gasteiger partial charge in [-0.1, -0.05) is 24.8 Å². The zero-order valence-electron chi connectivity index (χ0n) is 13.1. The summed E-state index contributed by atoms with van der Waals surface area (Å²) in [6.07, 6.45) is 6.77. The van der Waals surface area contributed by atoms with Gasteiger partial charge in [0.15, 0.2) is 0 Å². The smallest absolute Gasteiger partial charge is 0.123 e. The number of hydrogen-bond acceptors (Lipinski definition) is 3. The lowest BCUT2D eigenvalue weighted by molar-refractivity contribution is 0.00244. The second kappa shape index (κ2) is 5.39. The first-order valence-corrected chi connectivity index (χ1v) is 8.52. The molecular formula is C19H25NO2. The molecular weight excluding hydrogens is 274 g/mol. The van der Waals surface area contributed by atoms with Crippen molar-refractivity contribution in [2.75, 3.05) is 13.2 Å². The van der Waals surface area contributed by atoms with Crippen LogP contribution in [0.3, 0.4) is 0 Å². The van der Waals surface area contributed by atoms with Crippen LogP contribution in [0.5, 0.6) is 5.75 Å². The molecule has 118 valence electrons. The molecule has 0 spiro atoms. The van der Waals surface area contributed by atoms with E-state index in [1.165, 1.54) is 11.1 Å². The number of piperidine rings is 1. The Balaban J connectivity index is 1.85. The summed E-state index contributed by atoms with van der Waals surface area (Å²) < 4.78 is 6.00. The van der Waals surface area contributed by atoms with Crippen molar-refractivity contribution in [1.82, 2.24) is 5.32 Å². The van der Waals surface area contributed by atoms with E-state index in [0.29, 0.717) is 18.6 Å². The number of benzene rings is 1. The minimum atomic E-state index is -0.173. The summed E-state index contributed by atoms with van der Waals surface area (Å²) in [5.41, 5.74) is 2.89. The molecule has 0 amide bonds. The minimum absolute atomic E-state index is 0.0962. The molecule has 2 fully saturated rings. The summed E-state index contributed by atoms with van der Waals surface area (Å²) >= 11 is 0. The van der Waals surface area contributed by atoms with Gasteiger partial charge in [-0.05, 0) is 56.2 Å². The number of hydrogen-bond donors (Lipinski definition) is 2. The lowest BCUT2D eigenvalue weighted by Gasteiger charge is -2.56. The Kier molecular flexibility index (Phi) is 3.50. The molecule has 3 aliphatic rings. The molecule has 1 saturated carbocycles. The molecule has 0 radical (unpaired) electrons. The monoisotopic (exact) mass is 299 g/mol. The Bertz CT molecular complexity index is 585. The predicted octanol–water partition coefficient (Wildman–Crippen LogP) is 2.57. The normalized spacial score (nSPS) is 36.1. The molecule has 3 nitrogen and oxygen atoms in total. The Morgan fingerprint density at radius 3 is 3.18 bits per heavy atom. The standard InChI is InChI=1S/C19H25NO2/c1-2-10-22-17-5-3-4-13-11-16-15-7-6-14(21)12-19(15,18(13)17)8-9-20-16/h2-5,14-16,20-21H,1,6-12H2/t14?,15-,16+,19-/m0/s1. The SMILES string of the molecule is C=CCOc1cccc2c1[C@]13CCN[C@H](C2)[C@@H]1CCC(O)C3. The number of fused-ring (bicyclic) bond motifs is 1. The molecule has 2 aliphatic carbocycles. The summed E-state index contributed by atoms with van der Waals surface area (Å²) in [5.74, 6) is 1.64. The van der Waals surface area contributed by atoms with Crippen molar-refractivity contribution in [3.8, 4) is 5.75 Å². The summed E-state index contributed by atoms with van der Waals surface area (Å²) in [4.78, 5) is 0. The average Bonchev–Trinajstić information content (AvgIpc) is 2.51. The molecule has 2 bridgehead atoms. The van der Waals surface area contributed by atoms with Crippen molar-refractivity contribution in [3.63, 3.8) is 0 Å². The van der Waals surface area contributed by atoms with E-state index in [4.69, 9.17) is 4.74 Å². The van der Waals surface area contributed by atoms with E-state index >= 15 is 0 Å². The number of rotatable bonds is 3. The minimum Gasteiger partial charge on any atom is -0.489 e. The van der Waals surface area contributed by atoms with E-state index in [-0.39, 0.29) is 11.5 Å². The van der Waals surface area contributed by atoms with Crippen molar-refractivity contribution in [2.24, 2.45) is 5.92 Å². The van der Waals surface area contributed by atoms with E-state index in [9.17, 15) is 5.11 Å². The van der Waals surface area contributed by atoms with Crippen LogP contribution in [-0.2, 0) is 11.8 Å². The topological polar surface area (TPSA) is 41.5 Å². The summed E-state index contributed by atoms with van der Waals surface area (Å²) in [6.45, 7) is 5.35. The summed E-state index contributed by atoms with van der Waals surface area (Å²) in [6, 6.07) is 7.00. The van der Waals surface area contributed by atoms with Crippen molar-refractivity contribution in [1.29, 1.82) is 0 Å². The van der Waals surface area contributed by atoms with E-state index < -0.39 is 0 Å². The summed E-state index contributed by atoms with van der Waals surface area (Å²) in [7, 11) is 0. The Morgan fingerprint density at radius 1 is 1.41 bits per heavy atom. The maximum absolute atomic E-state index is 10.4. The van der Waals surface area contributed by atoms with Gasteiger partial charge < -0.3 is 15.2 Å². The van der Waals surface area contributed by atoms with Crippen molar-refractivity contribution < 1.29 is 9.84 Å². The molecule has 1 heterocycles. The summed E-state index contributed by atoms with van der Waals surface area (Å²) in [5, 5.41) is 14.1. The highest BCUT2D eigenvalue weighted by atomic mass is 16.5. The van der Waals surface area contributed by atoms with Crippen LogP contribution < -0.4 is 10.1 Å². The molecule has 1 aromatic rings. The third-order valence-corrected chi connectivity index (χ3v) is 5.99. The molecule has 1 saturated heterocycles. The largest absolute Gasteiger partial charge is 0.489 e. The van der Waals surface area contributed by atoms with Crippen LogP contribution in [0.4, 0.5) is 0 Å². The lowest BCUT2D eigenvalue weighted by atomic mass is 9.52. The number of nitrogens with one attached hydrogen (secondary N) is 1. The Labute approximate surface area is 132 Å². The molecule has 0 aromatic heterocycles. The molecule has 4 rings (SSSR count). The first kappa shape index (κ1) is 14.3. The molecule has 22 heavy (non-hydrogen) atoms. The lowest BCUT2D eigenvalue weighted by Crippen LogP contribution is -2.61. The highest BCUT2D eigenvalue weighted by Gasteiger charge is 2.54. The fraction of sp³-hybridized carbons (Fsp3) is 0.579. The number of ether oxygens (including phenoxy) is 1. The zero-order valence-corrected chi connectivity index (χ0v) is 13.1. The van der Waals surface area contributed by atoms with Gasteiger partial charge in [-0.2, -0.15) is 0 Å². The third kappa shape index (κ3) is 2.03. The fourth-order valence-corrected chi connectivity index (χ4v) is 5.26. The molecule has 1 aromatic carbocycles. The Morgan fingerprint density at radius 2 is 2.32 bits per heavy atom. The second-order valence-corrected chi connectivity index (χ2v) is 7.10. The second-order valence-electron chi connectivity index (χ2n) is 7.10. The van der Waals surface area contributed by atoms with Crippen LogP contribution >= 0.6 is 0 Å². The maximum Gasteiger partial charge on any atom is 0.123 e. The van der Waals surface area contributed by atoms with Crippen molar-refractivity contribution in [2.45, 2.75) is 49.7 Å². The zero-order chi connectivity index (χ0) is 15.2. The molecule has 1 unspecified atom stereocenters. The van der Waals surface area contributed by atoms with Gasteiger partial charge in [-0.15, -0.1) is 0 Å². The highest BCUT2D eigenvalue weighted by molar-refractivity contribution is 5.50. The van der Waals surface area contributed by atoms with E-state index in [0.717, 1.165) is 44.4 Å². The van der Waals surface area contributed by atoms with Gasteiger partial charge in [0.05, 0.1) is 6.10 Å². The van der Waals surface area contributed by atoms with Gasteiger partial charge in [0.25, 0.3) is 0 Å². The van der Waals surface area contributed by atoms with Gasteiger partial charge in [-0.3, -0.25) is 0 Å². The molecule has 2 N–H and O–H groups in total. The van der Waals surface area contributed by atoms with Gasteiger partial charge >= 0.3 is 0 Å². The van der Waals surface area contributed by atoms with Crippen LogP contribution in [-0.4, -0.2) is 30.4 Å². The van der Waals surface area contributed by atoms with Crippen molar-refractivity contribution in [3.05, 3.63) is 42.0 Å². The first-order valence-electron chi connectivity index (χ1n) is 8.52. The maximum atomic E-state index is 10.4. The highest BCUT2D eigenvalue weighted by Crippen LogP contribution is 2.56. The molecule has 3 heteroatoms. The van der Waals surface area contributed by atoms with Crippen LogP contribution in [0.15, 0.2) is 30.9 Å². The van der Waals surface area contributed by atoms with Crippen LogP contribution in [0.25, 0.3) is 0 Å². The van der Waals surface area contributed by atoms with Crippen LogP contribution in [0, 0.1) is 5.92 Å². The van der Waals surface area contributed by atoms with Gasteiger partial charge in [0.1, 0.15) is 12.4 Å². The number of aliphatic hydroxyl groups excluding tert-OH is 1.